The van der Waals surface area contributed by atoms with Crippen LogP contribution in [0.1, 0.15) is 11.4 Å². The van der Waals surface area contributed by atoms with E-state index in [-0.39, 0.29) is 0 Å². The van der Waals surface area contributed by atoms with E-state index in [1.165, 1.54) is 0 Å². The zero-order valence-electron chi connectivity index (χ0n) is 11.1. The van der Waals surface area contributed by atoms with Gasteiger partial charge in [-0.15, -0.1) is 11.6 Å². The van der Waals surface area contributed by atoms with Crippen LogP contribution in [0.25, 0.3) is 16.7 Å². The highest BCUT2D eigenvalue weighted by molar-refractivity contribution is 6.31. The molecule has 104 valence electrons. The number of halogens is 2. The van der Waals surface area contributed by atoms with Gasteiger partial charge in [-0.2, -0.15) is 5.26 Å². The number of nitriles is 1. The molecule has 0 saturated carbocycles. The van der Waals surface area contributed by atoms with Gasteiger partial charge in [0.15, 0.2) is 0 Å². The van der Waals surface area contributed by atoms with Crippen LogP contribution in [0, 0.1) is 11.3 Å². The van der Waals surface area contributed by atoms with Crippen LogP contribution in [0.15, 0.2) is 42.5 Å². The fourth-order valence-electron chi connectivity index (χ4n) is 2.33. The van der Waals surface area contributed by atoms with Gasteiger partial charge < -0.3 is 0 Å². The molecule has 0 aliphatic carbocycles. The summed E-state index contributed by atoms with van der Waals surface area (Å²) in [7, 11) is 0. The Labute approximate surface area is 132 Å². The molecule has 3 nitrogen and oxygen atoms in total. The van der Waals surface area contributed by atoms with Crippen LogP contribution < -0.4 is 0 Å². The number of hydrogen-bond acceptors (Lipinski definition) is 2. The number of aromatic nitrogens is 2. The van der Waals surface area contributed by atoms with Gasteiger partial charge in [0.2, 0.25) is 0 Å². The first kappa shape index (κ1) is 13.9. The van der Waals surface area contributed by atoms with Crippen molar-refractivity contribution >= 4 is 34.2 Å². The number of hydrogen-bond donors (Lipinski definition) is 0. The molecule has 0 radical (unpaired) electrons. The molecular weight excluding hydrogens is 305 g/mol. The smallest absolute Gasteiger partial charge is 0.129 e. The largest absolute Gasteiger partial charge is 0.295 e. The molecule has 0 atom stereocenters. The average Bonchev–Trinajstić information content (AvgIpc) is 2.86. The number of nitrogens with zero attached hydrogens (tertiary/aromatic N) is 3. The topological polar surface area (TPSA) is 41.6 Å². The maximum atomic E-state index is 8.73. The number of benzene rings is 2. The molecular formula is C16H11Cl2N3. The minimum absolute atomic E-state index is 0.312. The second-order valence-electron chi connectivity index (χ2n) is 4.63. The summed E-state index contributed by atoms with van der Waals surface area (Å²) in [5, 5.41) is 9.39. The van der Waals surface area contributed by atoms with Gasteiger partial charge in [0.25, 0.3) is 0 Å². The molecule has 3 rings (SSSR count). The Hall–Kier alpha value is -2.02. The Morgan fingerprint density at radius 1 is 1.14 bits per heavy atom. The van der Waals surface area contributed by atoms with E-state index < -0.39 is 0 Å². The highest BCUT2D eigenvalue weighted by atomic mass is 35.5. The minimum atomic E-state index is 0.312. The van der Waals surface area contributed by atoms with Gasteiger partial charge in [0, 0.05) is 10.7 Å². The molecule has 0 aliphatic rings. The van der Waals surface area contributed by atoms with Crippen LogP contribution in [-0.2, 0) is 12.3 Å². The summed E-state index contributed by atoms with van der Waals surface area (Å²) in [5.74, 6) is 1.08. The van der Waals surface area contributed by atoms with Crippen LogP contribution in [0.5, 0.6) is 0 Å². The van der Waals surface area contributed by atoms with Crippen molar-refractivity contribution < 1.29 is 0 Å². The number of fused-ring (bicyclic) bond motifs is 1. The summed E-state index contributed by atoms with van der Waals surface area (Å²) >= 11 is 12.1. The van der Waals surface area contributed by atoms with E-state index in [1.54, 1.807) is 0 Å². The van der Waals surface area contributed by atoms with Gasteiger partial charge in [-0.25, -0.2) is 4.98 Å². The molecule has 0 fully saturated rings. The molecule has 1 heterocycles. The first-order valence-electron chi connectivity index (χ1n) is 6.42. The third-order valence-electron chi connectivity index (χ3n) is 3.28. The molecule has 0 amide bonds. The summed E-state index contributed by atoms with van der Waals surface area (Å²) in [6, 6.07) is 15.5. The van der Waals surface area contributed by atoms with Gasteiger partial charge in [-0.1, -0.05) is 23.7 Å². The van der Waals surface area contributed by atoms with Gasteiger partial charge in [0.1, 0.15) is 5.82 Å². The van der Waals surface area contributed by atoms with Crippen LogP contribution in [-0.4, -0.2) is 9.55 Å². The van der Waals surface area contributed by atoms with Crippen LogP contribution in [0.4, 0.5) is 0 Å². The van der Waals surface area contributed by atoms with Crippen molar-refractivity contribution in [3.05, 3.63) is 58.9 Å². The van der Waals surface area contributed by atoms with E-state index in [0.717, 1.165) is 28.1 Å². The second-order valence-corrected chi connectivity index (χ2v) is 5.34. The first-order chi connectivity index (χ1) is 10.2. The Morgan fingerprint density at radius 3 is 2.57 bits per heavy atom. The van der Waals surface area contributed by atoms with Crippen LogP contribution in [0.2, 0.25) is 5.02 Å². The van der Waals surface area contributed by atoms with Gasteiger partial charge in [-0.3, -0.25) is 4.57 Å². The van der Waals surface area contributed by atoms with Crippen LogP contribution >= 0.6 is 23.2 Å². The van der Waals surface area contributed by atoms with E-state index in [0.29, 0.717) is 17.3 Å². The lowest BCUT2D eigenvalue weighted by Crippen LogP contribution is -1.99. The van der Waals surface area contributed by atoms with E-state index in [2.05, 4.69) is 11.1 Å². The van der Waals surface area contributed by atoms with Crippen molar-refractivity contribution in [3.8, 4) is 11.8 Å². The summed E-state index contributed by atoms with van der Waals surface area (Å²) < 4.78 is 1.99. The molecule has 0 unspecified atom stereocenters. The van der Waals surface area contributed by atoms with Gasteiger partial charge >= 0.3 is 0 Å². The number of rotatable bonds is 3. The summed E-state index contributed by atoms with van der Waals surface area (Å²) in [5.41, 5.74) is 3.72. The third-order valence-corrected chi connectivity index (χ3v) is 3.76. The van der Waals surface area contributed by atoms with E-state index in [1.807, 2.05) is 47.0 Å². The number of alkyl halides is 1. The third kappa shape index (κ3) is 2.61. The molecule has 0 spiro atoms. The predicted octanol–water partition coefficient (Wildman–Crippen LogP) is 4.48. The van der Waals surface area contributed by atoms with E-state index in [9.17, 15) is 0 Å². The molecule has 3 aromatic rings. The zero-order valence-corrected chi connectivity index (χ0v) is 12.6. The predicted molar refractivity (Wildman–Crippen MR) is 85.0 cm³/mol. The fraction of sp³-hybridized carbons (Fsp3) is 0.125. The summed E-state index contributed by atoms with van der Waals surface area (Å²) in [4.78, 5) is 4.53. The Morgan fingerprint density at radius 2 is 1.90 bits per heavy atom. The Kier molecular flexibility index (Phi) is 3.83. The van der Waals surface area contributed by atoms with E-state index >= 15 is 0 Å². The lowest BCUT2D eigenvalue weighted by Gasteiger charge is -2.08. The Balaban J connectivity index is 2.18. The average molecular weight is 316 g/mol. The van der Waals surface area contributed by atoms with Gasteiger partial charge in [-0.05, 0) is 35.9 Å². The SMILES string of the molecule is N#CCc1ccc(-n2c(CCl)nc3ccc(Cl)cc32)cc1. The molecule has 1 aromatic heterocycles. The Bertz CT molecular complexity index is 829. The molecule has 2 aromatic carbocycles. The van der Waals surface area contributed by atoms with Crippen molar-refractivity contribution in [1.82, 2.24) is 9.55 Å². The maximum Gasteiger partial charge on any atom is 0.129 e. The zero-order chi connectivity index (χ0) is 14.8. The van der Waals surface area contributed by atoms with E-state index in [4.69, 9.17) is 28.5 Å². The quantitative estimate of drug-likeness (QED) is 0.668. The molecule has 0 N–H and O–H groups in total. The molecule has 0 bridgehead atoms. The molecule has 0 aliphatic heterocycles. The molecule has 0 saturated heterocycles. The molecule has 5 heteroatoms. The second kappa shape index (κ2) is 5.77. The van der Waals surface area contributed by atoms with Crippen molar-refractivity contribution in [2.45, 2.75) is 12.3 Å². The van der Waals surface area contributed by atoms with Crippen molar-refractivity contribution in [2.24, 2.45) is 0 Å². The van der Waals surface area contributed by atoms with Crippen molar-refractivity contribution in [2.75, 3.05) is 0 Å². The maximum absolute atomic E-state index is 8.73. The summed E-state index contributed by atoms with van der Waals surface area (Å²) in [6.07, 6.45) is 0.402. The standard InChI is InChI=1S/C16H11Cl2N3/c17-10-16-20-14-6-3-12(18)9-15(14)21(16)13-4-1-11(2-5-13)7-8-19/h1-6,9H,7,10H2. The summed E-state index contributed by atoms with van der Waals surface area (Å²) in [6.45, 7) is 0. The van der Waals surface area contributed by atoms with Gasteiger partial charge in [0.05, 0.1) is 29.4 Å². The normalized spacial score (nSPS) is 10.7. The van der Waals surface area contributed by atoms with Crippen molar-refractivity contribution in [1.29, 1.82) is 5.26 Å². The lowest BCUT2D eigenvalue weighted by molar-refractivity contribution is 0.980. The van der Waals surface area contributed by atoms with Crippen LogP contribution in [0.3, 0.4) is 0 Å². The first-order valence-corrected chi connectivity index (χ1v) is 7.33. The highest BCUT2D eigenvalue weighted by Gasteiger charge is 2.12. The lowest BCUT2D eigenvalue weighted by atomic mass is 10.1. The fourth-order valence-corrected chi connectivity index (χ4v) is 2.68. The minimum Gasteiger partial charge on any atom is -0.295 e. The highest BCUT2D eigenvalue weighted by Crippen LogP contribution is 2.25. The molecule has 21 heavy (non-hydrogen) atoms. The number of imidazole rings is 1. The monoisotopic (exact) mass is 315 g/mol. The van der Waals surface area contributed by atoms with Crippen molar-refractivity contribution in [3.63, 3.8) is 0 Å².